The van der Waals surface area contributed by atoms with Crippen LogP contribution < -0.4 is 0 Å². The fourth-order valence-corrected chi connectivity index (χ4v) is 10.9. The highest BCUT2D eigenvalue weighted by Gasteiger charge is 2.32. The Hall–Kier alpha value is -1.74. The largest absolute Gasteiger partial charge is 0.381 e. The monoisotopic (exact) mass is 675 g/mol. The first-order valence-corrected chi connectivity index (χ1v) is 21.1. The average Bonchev–Trinajstić information content (AvgIpc) is 3.15. The highest BCUT2D eigenvalue weighted by Crippen LogP contribution is 2.46. The molecular weight excluding hydrogens is 607 g/mol. The van der Waals surface area contributed by atoms with Crippen molar-refractivity contribution in [2.24, 2.45) is 35.5 Å². The van der Waals surface area contributed by atoms with Gasteiger partial charge in [0.1, 0.15) is 11.6 Å². The first-order chi connectivity index (χ1) is 24.0. The van der Waals surface area contributed by atoms with E-state index in [2.05, 4.69) is 26.0 Å². The van der Waals surface area contributed by atoms with E-state index in [1.165, 1.54) is 127 Å². The van der Waals surface area contributed by atoms with Crippen LogP contribution in [0.5, 0.6) is 0 Å². The summed E-state index contributed by atoms with van der Waals surface area (Å²) in [5.74, 6) is 6.59. The number of rotatable bonds is 14. The molecule has 0 unspecified atom stereocenters. The number of hydrogen-bond donors (Lipinski definition) is 0. The Morgan fingerprint density at radius 3 is 1.16 bits per heavy atom. The van der Waals surface area contributed by atoms with Crippen molar-refractivity contribution in [3.63, 3.8) is 0 Å². The van der Waals surface area contributed by atoms with Crippen LogP contribution >= 0.6 is 0 Å². The van der Waals surface area contributed by atoms with Crippen LogP contribution in [-0.4, -0.2) is 13.2 Å². The molecule has 1 nitrogen and oxygen atoms in total. The maximum Gasteiger partial charge on any atom is 0.126 e. The fraction of sp³-hybridized carbons (Fsp3) is 0.739. The highest BCUT2D eigenvalue weighted by atomic mass is 19.1. The number of halogens is 2. The van der Waals surface area contributed by atoms with Gasteiger partial charge in [-0.1, -0.05) is 76.6 Å². The van der Waals surface area contributed by atoms with Gasteiger partial charge in [-0.05, 0) is 184 Å². The Bertz CT molecular complexity index is 1160. The molecule has 3 heteroatoms. The van der Waals surface area contributed by atoms with Crippen LogP contribution in [0.2, 0.25) is 0 Å². The Morgan fingerprint density at radius 2 is 0.837 bits per heavy atom. The summed E-state index contributed by atoms with van der Waals surface area (Å²) in [6.07, 6.45) is 27.4. The molecule has 2 aromatic rings. The number of ether oxygens (including phenoxy) is 1. The van der Waals surface area contributed by atoms with Crippen molar-refractivity contribution in [3.8, 4) is 0 Å². The average molecular weight is 675 g/mol. The van der Waals surface area contributed by atoms with Gasteiger partial charge in [0.2, 0.25) is 0 Å². The highest BCUT2D eigenvalue weighted by molar-refractivity contribution is 5.28. The van der Waals surface area contributed by atoms with Crippen molar-refractivity contribution in [1.82, 2.24) is 0 Å². The van der Waals surface area contributed by atoms with Crippen molar-refractivity contribution >= 4 is 0 Å². The summed E-state index contributed by atoms with van der Waals surface area (Å²) >= 11 is 0. The van der Waals surface area contributed by atoms with E-state index in [1.54, 1.807) is 0 Å². The summed E-state index contributed by atoms with van der Waals surface area (Å²) < 4.78 is 36.1. The van der Waals surface area contributed by atoms with Crippen LogP contribution in [0.4, 0.5) is 8.78 Å². The third-order valence-electron chi connectivity index (χ3n) is 14.4. The van der Waals surface area contributed by atoms with Crippen LogP contribution in [0.1, 0.15) is 176 Å². The van der Waals surface area contributed by atoms with Crippen molar-refractivity contribution in [2.45, 2.75) is 167 Å². The number of hydrogen-bond acceptors (Lipinski definition) is 1. The molecule has 4 saturated carbocycles. The van der Waals surface area contributed by atoms with Gasteiger partial charge < -0.3 is 4.74 Å². The van der Waals surface area contributed by atoms with E-state index in [0.29, 0.717) is 37.9 Å². The minimum atomic E-state index is -0.0428. The summed E-state index contributed by atoms with van der Waals surface area (Å²) in [4.78, 5) is 0. The maximum absolute atomic E-state index is 15.1. The Labute approximate surface area is 298 Å². The molecule has 0 saturated heterocycles. The summed E-state index contributed by atoms with van der Waals surface area (Å²) in [6.45, 7) is 5.94. The standard InChI is InChI=1S/C46H68F2O/c1-3-33-9-13-35(14-10-33)37-17-21-39(22-18-37)43-27-25-41(45(47)31-43)7-5-29-49-30-6-8-42-26-28-44(32-46(42)48)40-23-19-38(20-24-40)36-15-11-34(4-2)12-16-36/h25-28,31-40H,3-24,29-30H2,1-2H3. The van der Waals surface area contributed by atoms with Crippen LogP contribution in [0, 0.1) is 47.1 Å². The molecule has 0 radical (unpaired) electrons. The molecule has 2 aromatic carbocycles. The summed E-state index contributed by atoms with van der Waals surface area (Å²) in [5, 5.41) is 0. The van der Waals surface area contributed by atoms with Crippen molar-refractivity contribution in [2.75, 3.05) is 13.2 Å². The lowest BCUT2D eigenvalue weighted by atomic mass is 9.68. The third kappa shape index (κ3) is 10.2. The second-order valence-corrected chi connectivity index (χ2v) is 17.1. The molecule has 0 aromatic heterocycles. The lowest BCUT2D eigenvalue weighted by Crippen LogP contribution is -2.25. The molecule has 4 aliphatic carbocycles. The summed E-state index contributed by atoms with van der Waals surface area (Å²) in [7, 11) is 0. The van der Waals surface area contributed by atoms with E-state index in [0.717, 1.165) is 59.5 Å². The van der Waals surface area contributed by atoms with E-state index in [-0.39, 0.29) is 11.6 Å². The summed E-state index contributed by atoms with van der Waals surface area (Å²) in [5.41, 5.74) is 4.03. The molecule has 0 spiro atoms. The van der Waals surface area contributed by atoms with Crippen molar-refractivity contribution in [1.29, 1.82) is 0 Å². The van der Waals surface area contributed by atoms with Gasteiger partial charge in [0, 0.05) is 13.2 Å². The quantitative estimate of drug-likeness (QED) is 0.181. The zero-order chi connectivity index (χ0) is 34.0. The molecule has 0 N–H and O–H groups in total. The van der Waals surface area contributed by atoms with Gasteiger partial charge in [-0.15, -0.1) is 0 Å². The topological polar surface area (TPSA) is 9.23 Å². The SMILES string of the molecule is CCC1CCC(C2CCC(c3ccc(CCCOCCCc4ccc(C5CCC(C6CCC(CC)CC6)CC5)cc4F)c(F)c3)CC2)CC1. The van der Waals surface area contributed by atoms with Crippen molar-refractivity contribution in [3.05, 3.63) is 70.3 Å². The van der Waals surface area contributed by atoms with Gasteiger partial charge in [-0.2, -0.15) is 0 Å². The Morgan fingerprint density at radius 1 is 0.490 bits per heavy atom. The zero-order valence-corrected chi connectivity index (χ0v) is 31.2. The van der Waals surface area contributed by atoms with Crippen molar-refractivity contribution < 1.29 is 13.5 Å². The first-order valence-electron chi connectivity index (χ1n) is 21.1. The predicted molar refractivity (Wildman–Crippen MR) is 201 cm³/mol. The van der Waals surface area contributed by atoms with E-state index in [4.69, 9.17) is 4.74 Å². The molecule has 4 aliphatic rings. The van der Waals surface area contributed by atoms with Gasteiger partial charge in [0.15, 0.2) is 0 Å². The molecule has 0 heterocycles. The number of benzene rings is 2. The Balaban J connectivity index is 0.838. The molecule has 272 valence electrons. The predicted octanol–water partition coefficient (Wildman–Crippen LogP) is 13.5. The van der Waals surface area contributed by atoms with E-state index in [1.807, 2.05) is 24.3 Å². The van der Waals surface area contributed by atoms with Crippen LogP contribution in [0.15, 0.2) is 36.4 Å². The lowest BCUT2D eigenvalue weighted by molar-refractivity contribution is 0.129. The maximum atomic E-state index is 15.1. The lowest BCUT2D eigenvalue weighted by Gasteiger charge is -2.38. The second-order valence-electron chi connectivity index (χ2n) is 17.1. The molecule has 4 fully saturated rings. The molecular formula is C46H68F2O. The second kappa shape index (κ2) is 18.7. The van der Waals surface area contributed by atoms with Crippen LogP contribution in [0.3, 0.4) is 0 Å². The van der Waals surface area contributed by atoms with E-state index >= 15 is 8.78 Å². The molecule has 0 aliphatic heterocycles. The molecule has 6 rings (SSSR count). The van der Waals surface area contributed by atoms with Gasteiger partial charge in [0.05, 0.1) is 0 Å². The molecule has 0 amide bonds. The zero-order valence-electron chi connectivity index (χ0n) is 31.2. The molecule has 0 atom stereocenters. The minimum Gasteiger partial charge on any atom is -0.381 e. The number of aryl methyl sites for hydroxylation is 2. The van der Waals surface area contributed by atoms with Crippen LogP contribution in [-0.2, 0) is 17.6 Å². The minimum absolute atomic E-state index is 0.0428. The Kier molecular flexibility index (Phi) is 14.1. The fourth-order valence-electron chi connectivity index (χ4n) is 10.9. The van der Waals surface area contributed by atoms with Gasteiger partial charge in [-0.3, -0.25) is 0 Å². The van der Waals surface area contributed by atoms with Gasteiger partial charge in [0.25, 0.3) is 0 Å². The third-order valence-corrected chi connectivity index (χ3v) is 14.4. The normalized spacial score (nSPS) is 31.1. The first kappa shape index (κ1) is 37.0. The van der Waals surface area contributed by atoms with Gasteiger partial charge in [-0.25, -0.2) is 8.78 Å². The van der Waals surface area contributed by atoms with E-state index < -0.39 is 0 Å². The van der Waals surface area contributed by atoms with Gasteiger partial charge >= 0.3 is 0 Å². The molecule has 49 heavy (non-hydrogen) atoms. The van der Waals surface area contributed by atoms with Crippen LogP contribution in [0.25, 0.3) is 0 Å². The molecule has 0 bridgehead atoms. The van der Waals surface area contributed by atoms with E-state index in [9.17, 15) is 0 Å². The smallest absolute Gasteiger partial charge is 0.126 e. The summed E-state index contributed by atoms with van der Waals surface area (Å²) in [6, 6.07) is 12.1.